The molecule has 0 spiro atoms. The molecule has 1 aliphatic carbocycles. The van der Waals surface area contributed by atoms with E-state index in [4.69, 9.17) is 10.5 Å². The molecule has 72 valence electrons. The maximum atomic E-state index is 5.53. The fourth-order valence-corrected chi connectivity index (χ4v) is 2.41. The highest BCUT2D eigenvalue weighted by Crippen LogP contribution is 2.43. The largest absolute Gasteiger partial charge is 0.374 e. The number of rotatable bonds is 4. The molecule has 1 aromatic rings. The van der Waals surface area contributed by atoms with Crippen LogP contribution in [0, 0.1) is 5.92 Å². The maximum Gasteiger partial charge on any atom is 0.122 e. The highest BCUT2D eigenvalue weighted by atomic mass is 32.1. The molecule has 1 heterocycles. The summed E-state index contributed by atoms with van der Waals surface area (Å²) in [6, 6.07) is 0. The number of thiazole rings is 1. The first-order valence-corrected chi connectivity index (χ1v) is 5.34. The number of hydrogen-bond donors (Lipinski definition) is 1. The minimum atomic E-state index is 0.213. The van der Waals surface area contributed by atoms with Crippen LogP contribution in [-0.2, 0) is 11.3 Å². The third-order valence-electron chi connectivity index (χ3n) is 2.32. The predicted octanol–water partition coefficient (Wildman–Crippen LogP) is 1.70. The first-order valence-electron chi connectivity index (χ1n) is 4.52. The molecule has 1 saturated carbocycles. The number of ether oxygens (including phenoxy) is 1. The molecule has 1 aromatic heterocycles. The van der Waals surface area contributed by atoms with Gasteiger partial charge in [-0.25, -0.2) is 4.98 Å². The van der Waals surface area contributed by atoms with Gasteiger partial charge in [0.25, 0.3) is 0 Å². The van der Waals surface area contributed by atoms with Gasteiger partial charge in [-0.15, -0.1) is 11.3 Å². The average Bonchev–Trinajstić information content (AvgIpc) is 2.85. The molecule has 4 heteroatoms. The third kappa shape index (κ3) is 1.90. The SMILES string of the molecule is COC(c1ncc(CN)s1)C1CC1. The van der Waals surface area contributed by atoms with Gasteiger partial charge < -0.3 is 10.5 Å². The standard InChI is InChI=1S/C9H14N2OS/c1-12-8(6-2-3-6)9-11-5-7(4-10)13-9/h5-6,8H,2-4,10H2,1H3. The summed E-state index contributed by atoms with van der Waals surface area (Å²) in [5, 5.41) is 1.09. The van der Waals surface area contributed by atoms with E-state index in [1.165, 1.54) is 12.8 Å². The average molecular weight is 198 g/mol. The van der Waals surface area contributed by atoms with Crippen molar-refractivity contribution in [3.05, 3.63) is 16.1 Å². The van der Waals surface area contributed by atoms with Crippen molar-refractivity contribution in [2.24, 2.45) is 11.7 Å². The lowest BCUT2D eigenvalue weighted by molar-refractivity contribution is 0.0844. The Labute approximate surface area is 81.9 Å². The van der Waals surface area contributed by atoms with Crippen molar-refractivity contribution >= 4 is 11.3 Å². The molecule has 0 saturated heterocycles. The summed E-state index contributed by atoms with van der Waals surface area (Å²) < 4.78 is 5.43. The molecule has 0 bridgehead atoms. The lowest BCUT2D eigenvalue weighted by atomic mass is 10.2. The lowest BCUT2D eigenvalue weighted by Crippen LogP contribution is -2.02. The normalized spacial score (nSPS) is 18.9. The van der Waals surface area contributed by atoms with Crippen molar-refractivity contribution in [1.82, 2.24) is 4.98 Å². The Balaban J connectivity index is 2.12. The van der Waals surface area contributed by atoms with Crippen LogP contribution in [0.15, 0.2) is 6.20 Å². The molecule has 0 aliphatic heterocycles. The summed E-state index contributed by atoms with van der Waals surface area (Å²) in [5.74, 6) is 0.696. The summed E-state index contributed by atoms with van der Waals surface area (Å²) >= 11 is 1.67. The van der Waals surface area contributed by atoms with E-state index >= 15 is 0 Å². The smallest absolute Gasteiger partial charge is 0.122 e. The number of hydrogen-bond acceptors (Lipinski definition) is 4. The first kappa shape index (κ1) is 9.12. The third-order valence-corrected chi connectivity index (χ3v) is 3.40. The van der Waals surface area contributed by atoms with Gasteiger partial charge in [-0.3, -0.25) is 0 Å². The van der Waals surface area contributed by atoms with E-state index in [0.29, 0.717) is 12.5 Å². The second-order valence-electron chi connectivity index (χ2n) is 3.36. The molecule has 1 aliphatic rings. The summed E-state index contributed by atoms with van der Waals surface area (Å²) in [7, 11) is 1.76. The fourth-order valence-electron chi connectivity index (χ4n) is 1.44. The molecule has 2 rings (SSSR count). The van der Waals surface area contributed by atoms with Crippen LogP contribution in [0.25, 0.3) is 0 Å². The number of nitrogens with two attached hydrogens (primary N) is 1. The van der Waals surface area contributed by atoms with Crippen molar-refractivity contribution in [3.8, 4) is 0 Å². The van der Waals surface area contributed by atoms with Crippen molar-refractivity contribution in [2.75, 3.05) is 7.11 Å². The predicted molar refractivity (Wildman–Crippen MR) is 52.5 cm³/mol. The van der Waals surface area contributed by atoms with E-state index in [0.717, 1.165) is 9.88 Å². The van der Waals surface area contributed by atoms with Crippen LogP contribution in [0.5, 0.6) is 0 Å². The quantitative estimate of drug-likeness (QED) is 0.801. The van der Waals surface area contributed by atoms with Crippen molar-refractivity contribution in [3.63, 3.8) is 0 Å². The zero-order valence-corrected chi connectivity index (χ0v) is 8.51. The van der Waals surface area contributed by atoms with Crippen LogP contribution in [-0.4, -0.2) is 12.1 Å². The van der Waals surface area contributed by atoms with Gasteiger partial charge >= 0.3 is 0 Å². The van der Waals surface area contributed by atoms with Crippen molar-refractivity contribution in [2.45, 2.75) is 25.5 Å². The second-order valence-corrected chi connectivity index (χ2v) is 4.51. The number of aromatic nitrogens is 1. The van der Waals surface area contributed by atoms with Crippen LogP contribution >= 0.6 is 11.3 Å². The maximum absolute atomic E-state index is 5.53. The van der Waals surface area contributed by atoms with Crippen LogP contribution in [0.2, 0.25) is 0 Å². The lowest BCUT2D eigenvalue weighted by Gasteiger charge is -2.09. The molecule has 13 heavy (non-hydrogen) atoms. The molecular formula is C9H14N2OS. The summed E-state index contributed by atoms with van der Waals surface area (Å²) in [6.45, 7) is 0.582. The van der Waals surface area contributed by atoms with Crippen LogP contribution in [0.1, 0.15) is 28.8 Å². The van der Waals surface area contributed by atoms with Gasteiger partial charge in [0.2, 0.25) is 0 Å². The summed E-state index contributed by atoms with van der Waals surface area (Å²) in [4.78, 5) is 5.47. The Morgan fingerprint density at radius 1 is 1.77 bits per heavy atom. The first-order chi connectivity index (χ1) is 6.35. The molecule has 1 unspecified atom stereocenters. The van der Waals surface area contributed by atoms with E-state index in [1.807, 2.05) is 6.20 Å². The second kappa shape index (κ2) is 3.74. The Morgan fingerprint density at radius 2 is 2.54 bits per heavy atom. The van der Waals surface area contributed by atoms with Crippen LogP contribution in [0.3, 0.4) is 0 Å². The summed E-state index contributed by atoms with van der Waals surface area (Å²) in [6.07, 6.45) is 4.62. The number of nitrogens with zero attached hydrogens (tertiary/aromatic N) is 1. The van der Waals surface area contributed by atoms with E-state index < -0.39 is 0 Å². The van der Waals surface area contributed by atoms with Gasteiger partial charge in [-0.1, -0.05) is 0 Å². The monoisotopic (exact) mass is 198 g/mol. The van der Waals surface area contributed by atoms with Crippen molar-refractivity contribution in [1.29, 1.82) is 0 Å². The molecule has 3 nitrogen and oxygen atoms in total. The van der Waals surface area contributed by atoms with Gasteiger partial charge in [-0.2, -0.15) is 0 Å². The van der Waals surface area contributed by atoms with E-state index in [-0.39, 0.29) is 6.10 Å². The highest BCUT2D eigenvalue weighted by Gasteiger charge is 2.34. The van der Waals surface area contributed by atoms with Gasteiger partial charge in [0.1, 0.15) is 11.1 Å². The molecule has 1 fully saturated rings. The Hall–Kier alpha value is -0.450. The zero-order valence-electron chi connectivity index (χ0n) is 7.69. The Morgan fingerprint density at radius 3 is 3.00 bits per heavy atom. The van der Waals surface area contributed by atoms with Crippen molar-refractivity contribution < 1.29 is 4.74 Å². The molecule has 1 atom stereocenters. The minimum Gasteiger partial charge on any atom is -0.374 e. The molecule has 2 N–H and O–H groups in total. The highest BCUT2D eigenvalue weighted by molar-refractivity contribution is 7.11. The minimum absolute atomic E-state index is 0.213. The number of methoxy groups -OCH3 is 1. The van der Waals surface area contributed by atoms with Gasteiger partial charge in [0.05, 0.1) is 0 Å². The molecule has 0 amide bonds. The molecule has 0 radical (unpaired) electrons. The van der Waals surface area contributed by atoms with Crippen LogP contribution in [0.4, 0.5) is 0 Å². The molecule has 0 aromatic carbocycles. The van der Waals surface area contributed by atoms with Crippen LogP contribution < -0.4 is 5.73 Å². The summed E-state index contributed by atoms with van der Waals surface area (Å²) in [5.41, 5.74) is 5.53. The molecular weight excluding hydrogens is 184 g/mol. The fraction of sp³-hybridized carbons (Fsp3) is 0.667. The van der Waals surface area contributed by atoms with Gasteiger partial charge in [-0.05, 0) is 18.8 Å². The topological polar surface area (TPSA) is 48.1 Å². The van der Waals surface area contributed by atoms with Gasteiger partial charge in [0.15, 0.2) is 0 Å². The zero-order chi connectivity index (χ0) is 9.26. The van der Waals surface area contributed by atoms with Gasteiger partial charge in [0, 0.05) is 24.7 Å². The van der Waals surface area contributed by atoms with E-state index in [2.05, 4.69) is 4.98 Å². The van der Waals surface area contributed by atoms with E-state index in [1.54, 1.807) is 18.4 Å². The van der Waals surface area contributed by atoms with E-state index in [9.17, 15) is 0 Å². The Bertz CT molecular complexity index is 283. The Kier molecular flexibility index (Phi) is 2.62.